The topological polar surface area (TPSA) is 231 Å². The van der Waals surface area contributed by atoms with Gasteiger partial charge in [-0.1, -0.05) is 358 Å². The number of aliphatic hydroxyl groups is 2. The maximum atomic E-state index is 13.1. The van der Waals surface area contributed by atoms with E-state index < -0.39 is 91.5 Å². The number of carbonyl (C=O) groups is 3. The number of ether oxygens (including phenoxy) is 3. The number of hydrogen-bond acceptors (Lipinski definition) is 14. The van der Waals surface area contributed by atoms with Crippen molar-refractivity contribution in [3.05, 3.63) is 170 Å². The van der Waals surface area contributed by atoms with Crippen LogP contribution < -0.4 is 0 Å². The summed E-state index contributed by atoms with van der Waals surface area (Å²) in [6.45, 7) is 2.53. The smallest absolute Gasteiger partial charge is 0.463 e. The number of phosphoric acid groups is 2. The molecule has 115 heavy (non-hydrogen) atoms. The molecule has 5 unspecified atom stereocenters. The van der Waals surface area contributed by atoms with Crippen molar-refractivity contribution < 1.29 is 75.8 Å². The van der Waals surface area contributed by atoms with E-state index in [-0.39, 0.29) is 19.3 Å². The number of hydrogen-bond donors (Lipinski definition) is 4. The Hall–Kier alpha value is -5.09. The molecule has 0 aromatic carbocycles. The molecule has 0 spiro atoms. The Labute approximate surface area is 701 Å². The van der Waals surface area contributed by atoms with Crippen LogP contribution in [0.2, 0.25) is 0 Å². The summed E-state index contributed by atoms with van der Waals surface area (Å²) in [4.78, 5) is 59.0. The molecule has 658 valence electrons. The zero-order valence-electron chi connectivity index (χ0n) is 72.4. The molecule has 0 aliphatic carbocycles. The Morgan fingerprint density at radius 2 is 0.461 bits per heavy atom. The fraction of sp³-hybridized carbons (Fsp3) is 0.680. The molecule has 18 heteroatoms. The molecule has 0 saturated heterocycles. The van der Waals surface area contributed by atoms with Gasteiger partial charge in [-0.2, -0.15) is 0 Å². The SMILES string of the molecule is CC/C=C\C/C=C\C/C=C\C/C=C\C/C=C\C/C=C\CCCCCCCCCCC(=O)OCC(O)COP(=O)(O)OCC(O)COP(=O)(O)OCC(COC(=O)CCCCCCCCCCCCC/C=C\C/C=C\C/C=C\C/C=C\CCCCC)OC(=O)CCCCCCCCCCC/C=C\C/C=C\C/C=C\C/C=C\CCCCC. The fourth-order valence-corrected chi connectivity index (χ4v) is 13.6. The second kappa shape index (κ2) is 88.2. The molecule has 0 radical (unpaired) electrons. The number of aliphatic hydroxyl groups excluding tert-OH is 2. The summed E-state index contributed by atoms with van der Waals surface area (Å²) in [6.07, 6.45) is 114. The van der Waals surface area contributed by atoms with Crippen LogP contribution in [0.25, 0.3) is 0 Å². The van der Waals surface area contributed by atoms with Crippen molar-refractivity contribution in [2.45, 2.75) is 386 Å². The minimum Gasteiger partial charge on any atom is -0.463 e. The molecule has 0 rings (SSSR count). The molecular weight excluding hydrogens is 1480 g/mol. The first-order chi connectivity index (χ1) is 56.2. The number of esters is 3. The van der Waals surface area contributed by atoms with Crippen LogP contribution in [0.1, 0.15) is 367 Å². The predicted octanol–water partition coefficient (Wildman–Crippen LogP) is 27.9. The normalized spacial score (nSPS) is 14.6. The molecule has 0 aromatic rings. The van der Waals surface area contributed by atoms with Crippen molar-refractivity contribution in [1.29, 1.82) is 0 Å². The Morgan fingerprint density at radius 1 is 0.252 bits per heavy atom. The third-order valence-corrected chi connectivity index (χ3v) is 20.8. The maximum absolute atomic E-state index is 13.1. The van der Waals surface area contributed by atoms with E-state index in [2.05, 4.69) is 191 Å². The van der Waals surface area contributed by atoms with Crippen LogP contribution in [0.15, 0.2) is 170 Å². The lowest BCUT2D eigenvalue weighted by atomic mass is 10.0. The van der Waals surface area contributed by atoms with Gasteiger partial charge in [0.25, 0.3) is 0 Å². The van der Waals surface area contributed by atoms with Gasteiger partial charge in [-0.15, -0.1) is 0 Å². The van der Waals surface area contributed by atoms with Crippen LogP contribution in [-0.4, -0.2) is 95.9 Å². The lowest BCUT2D eigenvalue weighted by Crippen LogP contribution is -2.30. The van der Waals surface area contributed by atoms with Crippen molar-refractivity contribution in [2.24, 2.45) is 0 Å². The van der Waals surface area contributed by atoms with Gasteiger partial charge in [0, 0.05) is 19.3 Å². The van der Waals surface area contributed by atoms with E-state index in [1.54, 1.807) is 0 Å². The van der Waals surface area contributed by atoms with E-state index in [1.165, 1.54) is 135 Å². The van der Waals surface area contributed by atoms with Gasteiger partial charge >= 0.3 is 33.6 Å². The van der Waals surface area contributed by atoms with E-state index >= 15 is 0 Å². The maximum Gasteiger partial charge on any atom is 0.472 e. The van der Waals surface area contributed by atoms with Gasteiger partial charge in [-0.25, -0.2) is 9.13 Å². The van der Waals surface area contributed by atoms with Gasteiger partial charge in [0.2, 0.25) is 0 Å². The molecular formula is C97H164O16P2. The van der Waals surface area contributed by atoms with Crippen molar-refractivity contribution in [2.75, 3.05) is 39.6 Å². The molecule has 0 amide bonds. The van der Waals surface area contributed by atoms with E-state index in [9.17, 15) is 43.5 Å². The molecule has 0 saturated carbocycles. The van der Waals surface area contributed by atoms with Crippen LogP contribution in [0.5, 0.6) is 0 Å². The van der Waals surface area contributed by atoms with Crippen LogP contribution in [-0.2, 0) is 55.8 Å². The Kier molecular flexibility index (Phi) is 84.3. The Bertz CT molecular complexity index is 2770. The second-order valence-corrected chi connectivity index (χ2v) is 32.9. The average molecular weight is 1650 g/mol. The van der Waals surface area contributed by atoms with Crippen LogP contribution in [0.3, 0.4) is 0 Å². The summed E-state index contributed by atoms with van der Waals surface area (Å²) in [7, 11) is -9.82. The zero-order chi connectivity index (χ0) is 83.6. The predicted molar refractivity (Wildman–Crippen MR) is 482 cm³/mol. The third-order valence-electron chi connectivity index (χ3n) is 18.9. The molecule has 0 bridgehead atoms. The van der Waals surface area contributed by atoms with Gasteiger partial charge in [0.05, 0.1) is 26.4 Å². The van der Waals surface area contributed by atoms with Gasteiger partial charge in [0.1, 0.15) is 25.4 Å². The first-order valence-electron chi connectivity index (χ1n) is 45.4. The van der Waals surface area contributed by atoms with Crippen LogP contribution >= 0.6 is 15.6 Å². The van der Waals surface area contributed by atoms with Gasteiger partial charge in [-0.05, 0) is 161 Å². The summed E-state index contributed by atoms with van der Waals surface area (Å²) < 4.78 is 61.5. The second-order valence-electron chi connectivity index (χ2n) is 30.0. The minimum absolute atomic E-state index is 0.0922. The van der Waals surface area contributed by atoms with E-state index in [0.29, 0.717) is 19.3 Å². The molecule has 4 N–H and O–H groups in total. The quantitative estimate of drug-likeness (QED) is 0.0146. The van der Waals surface area contributed by atoms with Crippen molar-refractivity contribution in [3.63, 3.8) is 0 Å². The van der Waals surface area contributed by atoms with Crippen molar-refractivity contribution in [1.82, 2.24) is 0 Å². The summed E-state index contributed by atoms with van der Waals surface area (Å²) in [5.74, 6) is -1.59. The number of carbonyl (C=O) groups excluding carboxylic acids is 3. The zero-order valence-corrected chi connectivity index (χ0v) is 74.2. The van der Waals surface area contributed by atoms with E-state index in [0.717, 1.165) is 173 Å². The third kappa shape index (κ3) is 89.5. The first kappa shape index (κ1) is 110. The number of phosphoric ester groups is 2. The van der Waals surface area contributed by atoms with Gasteiger partial charge in [-0.3, -0.25) is 32.5 Å². The molecule has 0 fully saturated rings. The van der Waals surface area contributed by atoms with E-state index in [1.807, 2.05) is 0 Å². The highest BCUT2D eigenvalue weighted by molar-refractivity contribution is 7.47. The lowest BCUT2D eigenvalue weighted by Gasteiger charge is -2.21. The molecule has 0 aliphatic heterocycles. The standard InChI is InChI=1S/C97H164O16P2/c1-4-7-10-13-16-19-22-25-28-31-34-37-40-43-45-48-50-53-56-59-62-65-68-71-74-77-80-83-95(100)107-86-92(98)87-109-114(103,104)110-88-93(99)89-111-115(105,106)112-91-94(113-97(102)85-82-79-76-73-70-67-64-61-58-55-52-47-42-39-36-33-30-27-24-21-18-15-12-9-6-3)90-108-96(101)84-81-78-75-72-69-66-63-60-57-54-51-49-46-44-41-38-35-32-29-26-23-20-17-14-11-8-5-2/h7,10,16-21,25-30,34-39,43-47,50,52-53,92-94,98-99H,4-6,8-9,11-15,22-24,31-33,40-42,48-49,51,54-91H2,1-3H3,(H,103,104)(H,105,106)/b10-7-,19-16-,20-17-,21-18-,28-25-,29-26-,30-27-,37-34-,38-35-,39-36-,45-43-,46-44-,52-47-,53-50-. The van der Waals surface area contributed by atoms with Gasteiger partial charge in [0.15, 0.2) is 6.10 Å². The van der Waals surface area contributed by atoms with Crippen molar-refractivity contribution in [3.8, 4) is 0 Å². The van der Waals surface area contributed by atoms with Crippen molar-refractivity contribution >= 4 is 33.6 Å². The Morgan fingerprint density at radius 3 is 0.730 bits per heavy atom. The highest BCUT2D eigenvalue weighted by atomic mass is 31.2. The van der Waals surface area contributed by atoms with Crippen LogP contribution in [0.4, 0.5) is 0 Å². The highest BCUT2D eigenvalue weighted by Gasteiger charge is 2.29. The minimum atomic E-state index is -4.95. The van der Waals surface area contributed by atoms with Gasteiger partial charge < -0.3 is 34.2 Å². The summed E-state index contributed by atoms with van der Waals surface area (Å²) in [5, 5.41) is 20.7. The molecule has 16 nitrogen and oxygen atoms in total. The number of allylic oxidation sites excluding steroid dienone is 28. The monoisotopic (exact) mass is 1650 g/mol. The Balaban J connectivity index is 4.70. The average Bonchev–Trinajstić information content (AvgIpc) is 0.908. The summed E-state index contributed by atoms with van der Waals surface area (Å²) >= 11 is 0. The van der Waals surface area contributed by atoms with Crippen LogP contribution in [0, 0.1) is 0 Å². The van der Waals surface area contributed by atoms with E-state index in [4.69, 9.17) is 32.3 Å². The molecule has 0 aliphatic rings. The molecule has 0 heterocycles. The largest absolute Gasteiger partial charge is 0.472 e. The lowest BCUT2D eigenvalue weighted by molar-refractivity contribution is -0.161. The number of rotatable bonds is 85. The summed E-state index contributed by atoms with van der Waals surface area (Å²) in [6, 6.07) is 0. The molecule has 0 aromatic heterocycles. The summed E-state index contributed by atoms with van der Waals surface area (Å²) in [5.41, 5.74) is 0. The number of unbranched alkanes of at least 4 members (excludes halogenated alkanes) is 34. The highest BCUT2D eigenvalue weighted by Crippen LogP contribution is 2.45. The first-order valence-corrected chi connectivity index (χ1v) is 48.4. The molecule has 5 atom stereocenters. The fourth-order valence-electron chi connectivity index (χ4n) is 12.0.